The minimum atomic E-state index is -0.479. The van der Waals surface area contributed by atoms with E-state index < -0.39 is 5.60 Å². The first-order valence-corrected chi connectivity index (χ1v) is 8.34. The summed E-state index contributed by atoms with van der Waals surface area (Å²) in [6.07, 6.45) is 0.612. The molecule has 0 aromatic rings. The van der Waals surface area contributed by atoms with Crippen molar-refractivity contribution in [2.24, 2.45) is 4.99 Å². The van der Waals surface area contributed by atoms with Crippen molar-refractivity contribution in [3.05, 3.63) is 0 Å². The van der Waals surface area contributed by atoms with E-state index in [9.17, 15) is 4.79 Å². The number of carbonyl (C=O) groups excluding carboxylic acids is 1. The quantitative estimate of drug-likeness (QED) is 0.383. The summed E-state index contributed by atoms with van der Waals surface area (Å²) in [4.78, 5) is 18.0. The van der Waals surface area contributed by atoms with Gasteiger partial charge in [0, 0.05) is 39.8 Å². The lowest BCUT2D eigenvalue weighted by Gasteiger charge is -2.27. The molecule has 0 unspecified atom stereocenters. The van der Waals surface area contributed by atoms with Crippen molar-refractivity contribution in [3.63, 3.8) is 0 Å². The maximum Gasteiger partial charge on any atom is 0.410 e. The van der Waals surface area contributed by atoms with Gasteiger partial charge in [0.25, 0.3) is 0 Å². The fourth-order valence-electron chi connectivity index (χ4n) is 1.81. The highest BCUT2D eigenvalue weighted by Crippen LogP contribution is 2.09. The van der Waals surface area contributed by atoms with Gasteiger partial charge in [-0.3, -0.25) is 4.99 Å². The Hall–Kier alpha value is -1.50. The molecule has 0 saturated heterocycles. The Balaban J connectivity index is 4.22. The normalized spacial score (nSPS) is 12.0. The van der Waals surface area contributed by atoms with Gasteiger partial charge >= 0.3 is 6.09 Å². The van der Waals surface area contributed by atoms with Gasteiger partial charge in [-0.25, -0.2) is 4.79 Å². The molecule has 0 bridgehead atoms. The van der Waals surface area contributed by atoms with Gasteiger partial charge in [-0.1, -0.05) is 6.92 Å². The SMILES string of the molecule is CCCN(CCNC(=NC)NCCOCC)C(=O)OC(C)(C)C. The predicted molar refractivity (Wildman–Crippen MR) is 94.0 cm³/mol. The van der Waals surface area contributed by atoms with Crippen molar-refractivity contribution >= 4 is 12.1 Å². The highest BCUT2D eigenvalue weighted by molar-refractivity contribution is 5.79. The van der Waals surface area contributed by atoms with Crippen LogP contribution in [0.2, 0.25) is 0 Å². The van der Waals surface area contributed by atoms with Crippen LogP contribution in [0.5, 0.6) is 0 Å². The van der Waals surface area contributed by atoms with Crippen molar-refractivity contribution in [2.75, 3.05) is 46.4 Å². The molecule has 23 heavy (non-hydrogen) atoms. The highest BCUT2D eigenvalue weighted by Gasteiger charge is 2.21. The molecule has 0 atom stereocenters. The number of ether oxygens (including phenoxy) is 2. The van der Waals surface area contributed by atoms with Crippen molar-refractivity contribution < 1.29 is 14.3 Å². The summed E-state index contributed by atoms with van der Waals surface area (Å²) in [6, 6.07) is 0. The Morgan fingerprint density at radius 2 is 1.78 bits per heavy atom. The lowest BCUT2D eigenvalue weighted by atomic mass is 10.2. The zero-order chi connectivity index (χ0) is 17.7. The molecule has 136 valence electrons. The van der Waals surface area contributed by atoms with Crippen LogP contribution in [0, 0.1) is 0 Å². The first-order valence-electron chi connectivity index (χ1n) is 8.34. The van der Waals surface area contributed by atoms with E-state index in [1.54, 1.807) is 11.9 Å². The third-order valence-corrected chi connectivity index (χ3v) is 2.79. The van der Waals surface area contributed by atoms with E-state index >= 15 is 0 Å². The molecule has 0 aliphatic heterocycles. The van der Waals surface area contributed by atoms with Crippen molar-refractivity contribution in [2.45, 2.75) is 46.6 Å². The molecule has 1 amide bonds. The maximum atomic E-state index is 12.2. The van der Waals surface area contributed by atoms with Gasteiger partial charge in [-0.2, -0.15) is 0 Å². The molecule has 0 heterocycles. The first kappa shape index (κ1) is 21.5. The second-order valence-electron chi connectivity index (χ2n) is 6.09. The van der Waals surface area contributed by atoms with Crippen LogP contribution in [0.15, 0.2) is 4.99 Å². The minimum Gasteiger partial charge on any atom is -0.444 e. The first-order chi connectivity index (χ1) is 10.8. The van der Waals surface area contributed by atoms with Crippen LogP contribution in [0.25, 0.3) is 0 Å². The standard InChI is InChI=1S/C16H34N4O3/c1-7-11-20(15(21)23-16(3,4)5)12-9-18-14(17-6)19-10-13-22-8-2/h7-13H2,1-6H3,(H2,17,18,19). The lowest BCUT2D eigenvalue weighted by molar-refractivity contribution is 0.0253. The summed E-state index contributed by atoms with van der Waals surface area (Å²) in [5.74, 6) is 0.699. The van der Waals surface area contributed by atoms with Gasteiger partial charge < -0.3 is 25.0 Å². The fourth-order valence-corrected chi connectivity index (χ4v) is 1.81. The fraction of sp³-hybridized carbons (Fsp3) is 0.875. The number of hydrogen-bond donors (Lipinski definition) is 2. The number of carbonyl (C=O) groups is 1. The number of nitrogens with one attached hydrogen (secondary N) is 2. The van der Waals surface area contributed by atoms with Crippen LogP contribution in [0.4, 0.5) is 4.79 Å². The van der Waals surface area contributed by atoms with Gasteiger partial charge in [0.05, 0.1) is 6.61 Å². The van der Waals surface area contributed by atoms with Crippen LogP contribution in [-0.2, 0) is 9.47 Å². The van der Waals surface area contributed by atoms with E-state index in [4.69, 9.17) is 9.47 Å². The van der Waals surface area contributed by atoms with E-state index in [0.29, 0.717) is 45.4 Å². The zero-order valence-electron chi connectivity index (χ0n) is 15.6. The Kier molecular flexibility index (Phi) is 11.2. The van der Waals surface area contributed by atoms with Gasteiger partial charge in [0.1, 0.15) is 5.60 Å². The number of aliphatic imine (C=N–C) groups is 1. The van der Waals surface area contributed by atoms with E-state index in [1.165, 1.54) is 0 Å². The summed E-state index contributed by atoms with van der Waals surface area (Å²) in [6.45, 7) is 13.5. The van der Waals surface area contributed by atoms with Crippen LogP contribution >= 0.6 is 0 Å². The highest BCUT2D eigenvalue weighted by atomic mass is 16.6. The monoisotopic (exact) mass is 330 g/mol. The number of hydrogen-bond acceptors (Lipinski definition) is 4. The smallest absolute Gasteiger partial charge is 0.410 e. The van der Waals surface area contributed by atoms with Gasteiger partial charge in [-0.15, -0.1) is 0 Å². The molecule has 0 aromatic carbocycles. The predicted octanol–water partition coefficient (Wildman–Crippen LogP) is 1.83. The Labute approximate surface area is 140 Å². The molecular formula is C16H34N4O3. The van der Waals surface area contributed by atoms with Crippen LogP contribution in [-0.4, -0.2) is 69.0 Å². The average Bonchev–Trinajstić information content (AvgIpc) is 2.46. The molecule has 0 radical (unpaired) electrons. The number of rotatable bonds is 9. The Bertz CT molecular complexity index is 354. The molecule has 7 nitrogen and oxygen atoms in total. The topological polar surface area (TPSA) is 75.2 Å². The second-order valence-corrected chi connectivity index (χ2v) is 6.09. The minimum absolute atomic E-state index is 0.277. The molecule has 0 fully saturated rings. The molecular weight excluding hydrogens is 296 g/mol. The van der Waals surface area contributed by atoms with Crippen LogP contribution < -0.4 is 10.6 Å². The van der Waals surface area contributed by atoms with Crippen LogP contribution in [0.3, 0.4) is 0 Å². The molecule has 7 heteroatoms. The van der Waals surface area contributed by atoms with Crippen molar-refractivity contribution in [1.29, 1.82) is 0 Å². The van der Waals surface area contributed by atoms with E-state index in [2.05, 4.69) is 15.6 Å². The summed E-state index contributed by atoms with van der Waals surface area (Å²) in [7, 11) is 1.72. The van der Waals surface area contributed by atoms with Crippen LogP contribution in [0.1, 0.15) is 41.0 Å². The lowest BCUT2D eigenvalue weighted by Crippen LogP contribution is -2.45. The van der Waals surface area contributed by atoms with Crippen molar-refractivity contribution in [1.82, 2.24) is 15.5 Å². The molecule has 0 aromatic heterocycles. The number of nitrogens with zero attached hydrogens (tertiary/aromatic N) is 2. The largest absolute Gasteiger partial charge is 0.444 e. The van der Waals surface area contributed by atoms with Gasteiger partial charge in [-0.05, 0) is 34.1 Å². The van der Waals surface area contributed by atoms with E-state index in [1.807, 2.05) is 34.6 Å². The molecule has 0 aliphatic carbocycles. The Morgan fingerprint density at radius 3 is 2.30 bits per heavy atom. The third-order valence-electron chi connectivity index (χ3n) is 2.79. The molecule has 0 rings (SSSR count). The van der Waals surface area contributed by atoms with Crippen molar-refractivity contribution in [3.8, 4) is 0 Å². The summed E-state index contributed by atoms with van der Waals surface area (Å²) in [5, 5.41) is 6.34. The van der Waals surface area contributed by atoms with E-state index in [-0.39, 0.29) is 6.09 Å². The molecule has 0 aliphatic rings. The maximum absolute atomic E-state index is 12.2. The van der Waals surface area contributed by atoms with E-state index in [0.717, 1.165) is 6.42 Å². The number of amides is 1. The zero-order valence-corrected chi connectivity index (χ0v) is 15.6. The molecule has 2 N–H and O–H groups in total. The summed E-state index contributed by atoms with van der Waals surface area (Å²) in [5.41, 5.74) is -0.479. The van der Waals surface area contributed by atoms with Gasteiger partial charge in [0.15, 0.2) is 5.96 Å². The second kappa shape index (κ2) is 12.0. The molecule has 0 spiro atoms. The summed E-state index contributed by atoms with van der Waals surface area (Å²) >= 11 is 0. The van der Waals surface area contributed by atoms with Gasteiger partial charge in [0.2, 0.25) is 0 Å². The summed E-state index contributed by atoms with van der Waals surface area (Å²) < 4.78 is 10.7. The Morgan fingerprint density at radius 1 is 1.13 bits per heavy atom. The molecule has 0 saturated carbocycles. The third kappa shape index (κ3) is 11.7. The number of guanidine groups is 1. The average molecular weight is 330 g/mol.